The van der Waals surface area contributed by atoms with Gasteiger partial charge in [-0.15, -0.1) is 0 Å². The average molecular weight is 256 g/mol. The van der Waals surface area contributed by atoms with Crippen LogP contribution in [0.2, 0.25) is 0 Å². The van der Waals surface area contributed by atoms with E-state index in [-0.39, 0.29) is 5.54 Å². The largest absolute Gasteiger partial charge is 0.380 e. The first-order valence-corrected chi connectivity index (χ1v) is 7.32. The first-order chi connectivity index (χ1) is 8.31. The lowest BCUT2D eigenvalue weighted by Crippen LogP contribution is -2.47. The first kappa shape index (κ1) is 15.9. The van der Waals surface area contributed by atoms with Crippen LogP contribution in [0.3, 0.4) is 0 Å². The molecule has 0 aliphatic carbocycles. The zero-order chi connectivity index (χ0) is 13.8. The summed E-state index contributed by atoms with van der Waals surface area (Å²) in [7, 11) is 1.84. The number of nitrogens with one attached hydrogen (secondary N) is 1. The second kappa shape index (κ2) is 6.88. The Morgan fingerprint density at radius 2 is 2.06 bits per heavy atom. The normalized spacial score (nSPS) is 28.3. The zero-order valence-corrected chi connectivity index (χ0v) is 13.1. The van der Waals surface area contributed by atoms with Crippen LogP contribution in [-0.2, 0) is 4.74 Å². The molecule has 3 unspecified atom stereocenters. The van der Waals surface area contributed by atoms with Gasteiger partial charge in [-0.3, -0.25) is 0 Å². The molecule has 0 aromatic heterocycles. The van der Waals surface area contributed by atoms with Gasteiger partial charge in [-0.1, -0.05) is 13.8 Å². The van der Waals surface area contributed by atoms with E-state index in [1.165, 1.54) is 19.5 Å². The highest BCUT2D eigenvalue weighted by Crippen LogP contribution is 2.20. The van der Waals surface area contributed by atoms with Crippen molar-refractivity contribution in [3.63, 3.8) is 0 Å². The number of likely N-dealkylation sites (tertiary alicyclic amines) is 1. The standard InChI is InChI=1S/C15H32N2O/c1-12(9-16-15(3,4)5)10-17-8-7-13(2)14(11-17)18-6/h12-14,16H,7-11H2,1-6H3. The highest BCUT2D eigenvalue weighted by molar-refractivity contribution is 4.80. The molecule has 3 atom stereocenters. The Kier molecular flexibility index (Phi) is 6.09. The van der Waals surface area contributed by atoms with E-state index < -0.39 is 0 Å². The summed E-state index contributed by atoms with van der Waals surface area (Å²) in [5, 5.41) is 3.59. The Bertz CT molecular complexity index is 237. The van der Waals surface area contributed by atoms with Crippen LogP contribution in [0, 0.1) is 11.8 Å². The van der Waals surface area contributed by atoms with Gasteiger partial charge in [0.2, 0.25) is 0 Å². The summed E-state index contributed by atoms with van der Waals surface area (Å²) in [6, 6.07) is 0. The third-order valence-electron chi connectivity index (χ3n) is 3.83. The number of rotatable bonds is 5. The molecular weight excluding hydrogens is 224 g/mol. The Morgan fingerprint density at radius 1 is 1.39 bits per heavy atom. The smallest absolute Gasteiger partial charge is 0.0724 e. The van der Waals surface area contributed by atoms with Gasteiger partial charge < -0.3 is 15.0 Å². The van der Waals surface area contributed by atoms with Crippen molar-refractivity contribution in [3.8, 4) is 0 Å². The van der Waals surface area contributed by atoms with E-state index >= 15 is 0 Å². The van der Waals surface area contributed by atoms with E-state index in [4.69, 9.17) is 4.74 Å². The number of hydrogen-bond acceptors (Lipinski definition) is 3. The summed E-state index contributed by atoms with van der Waals surface area (Å²) >= 11 is 0. The molecule has 1 aliphatic rings. The second-order valence-electron chi connectivity index (χ2n) is 7.04. The maximum atomic E-state index is 5.57. The molecule has 0 amide bonds. The summed E-state index contributed by atoms with van der Waals surface area (Å²) in [6.45, 7) is 15.9. The molecule has 108 valence electrons. The molecule has 1 rings (SSSR count). The highest BCUT2D eigenvalue weighted by Gasteiger charge is 2.26. The van der Waals surface area contributed by atoms with Crippen LogP contribution in [0.15, 0.2) is 0 Å². The summed E-state index contributed by atoms with van der Waals surface area (Å²) < 4.78 is 5.57. The number of nitrogens with zero attached hydrogens (tertiary/aromatic N) is 1. The van der Waals surface area contributed by atoms with E-state index in [2.05, 4.69) is 44.8 Å². The van der Waals surface area contributed by atoms with Crippen LogP contribution in [-0.4, -0.2) is 49.8 Å². The van der Waals surface area contributed by atoms with Crippen molar-refractivity contribution >= 4 is 0 Å². The van der Waals surface area contributed by atoms with Crippen molar-refractivity contribution < 1.29 is 4.74 Å². The van der Waals surface area contributed by atoms with Crippen molar-refractivity contribution in [3.05, 3.63) is 0 Å². The van der Waals surface area contributed by atoms with Crippen molar-refractivity contribution in [2.75, 3.05) is 33.3 Å². The van der Waals surface area contributed by atoms with Gasteiger partial charge in [0.15, 0.2) is 0 Å². The van der Waals surface area contributed by atoms with Gasteiger partial charge in [0.05, 0.1) is 6.10 Å². The molecule has 0 aromatic rings. The van der Waals surface area contributed by atoms with Crippen molar-refractivity contribution in [2.24, 2.45) is 11.8 Å². The summed E-state index contributed by atoms with van der Waals surface area (Å²) in [6.07, 6.45) is 1.68. The van der Waals surface area contributed by atoms with Gasteiger partial charge in [-0.25, -0.2) is 0 Å². The predicted molar refractivity (Wildman–Crippen MR) is 77.9 cm³/mol. The molecule has 1 N–H and O–H groups in total. The molecule has 3 heteroatoms. The van der Waals surface area contributed by atoms with E-state index in [0.29, 0.717) is 17.9 Å². The van der Waals surface area contributed by atoms with Gasteiger partial charge in [0.1, 0.15) is 0 Å². The van der Waals surface area contributed by atoms with Gasteiger partial charge in [0, 0.05) is 25.7 Å². The minimum Gasteiger partial charge on any atom is -0.380 e. The molecule has 1 heterocycles. The maximum absolute atomic E-state index is 5.57. The van der Waals surface area contributed by atoms with E-state index in [1.54, 1.807) is 0 Å². The van der Waals surface area contributed by atoms with Crippen LogP contribution < -0.4 is 5.32 Å². The predicted octanol–water partition coefficient (Wildman–Crippen LogP) is 2.37. The first-order valence-electron chi connectivity index (χ1n) is 7.32. The van der Waals surface area contributed by atoms with Crippen LogP contribution >= 0.6 is 0 Å². The molecule has 1 saturated heterocycles. The molecule has 18 heavy (non-hydrogen) atoms. The molecule has 0 aromatic carbocycles. The number of ether oxygens (including phenoxy) is 1. The topological polar surface area (TPSA) is 24.5 Å². The monoisotopic (exact) mass is 256 g/mol. The van der Waals surface area contributed by atoms with Gasteiger partial charge in [0.25, 0.3) is 0 Å². The molecular formula is C15H32N2O. The summed E-state index contributed by atoms with van der Waals surface area (Å²) in [4.78, 5) is 2.56. The molecule has 0 radical (unpaired) electrons. The molecule has 0 spiro atoms. The number of hydrogen-bond donors (Lipinski definition) is 1. The van der Waals surface area contributed by atoms with E-state index in [9.17, 15) is 0 Å². The summed E-state index contributed by atoms with van der Waals surface area (Å²) in [5.41, 5.74) is 0.222. The van der Waals surface area contributed by atoms with Crippen molar-refractivity contribution in [1.29, 1.82) is 0 Å². The molecule has 1 aliphatic heterocycles. The Hall–Kier alpha value is -0.120. The second-order valence-corrected chi connectivity index (χ2v) is 7.04. The molecule has 1 fully saturated rings. The van der Waals surface area contributed by atoms with E-state index in [0.717, 1.165) is 13.1 Å². The fraction of sp³-hybridized carbons (Fsp3) is 1.00. The Balaban J connectivity index is 2.29. The average Bonchev–Trinajstić information content (AvgIpc) is 2.28. The van der Waals surface area contributed by atoms with Gasteiger partial charge in [-0.05, 0) is 52.1 Å². The lowest BCUT2D eigenvalue weighted by Gasteiger charge is -2.37. The number of piperidine rings is 1. The minimum absolute atomic E-state index is 0.222. The zero-order valence-electron chi connectivity index (χ0n) is 13.1. The highest BCUT2D eigenvalue weighted by atomic mass is 16.5. The van der Waals surface area contributed by atoms with Crippen LogP contribution in [0.4, 0.5) is 0 Å². The number of methoxy groups -OCH3 is 1. The molecule has 0 saturated carbocycles. The molecule has 3 nitrogen and oxygen atoms in total. The SMILES string of the molecule is COC1CN(CC(C)CNC(C)(C)C)CCC1C. The van der Waals surface area contributed by atoms with E-state index in [1.807, 2.05) is 7.11 Å². The lowest BCUT2D eigenvalue weighted by molar-refractivity contribution is -0.00870. The van der Waals surface area contributed by atoms with Crippen molar-refractivity contribution in [2.45, 2.75) is 52.7 Å². The van der Waals surface area contributed by atoms with Crippen LogP contribution in [0.1, 0.15) is 41.0 Å². The Morgan fingerprint density at radius 3 is 2.61 bits per heavy atom. The third kappa shape index (κ3) is 5.68. The third-order valence-corrected chi connectivity index (χ3v) is 3.83. The fourth-order valence-electron chi connectivity index (χ4n) is 2.56. The lowest BCUT2D eigenvalue weighted by atomic mass is 9.95. The van der Waals surface area contributed by atoms with Crippen molar-refractivity contribution in [1.82, 2.24) is 10.2 Å². The van der Waals surface area contributed by atoms with Crippen LogP contribution in [0.25, 0.3) is 0 Å². The maximum Gasteiger partial charge on any atom is 0.0724 e. The van der Waals surface area contributed by atoms with Gasteiger partial charge >= 0.3 is 0 Å². The van der Waals surface area contributed by atoms with Gasteiger partial charge in [-0.2, -0.15) is 0 Å². The molecule has 0 bridgehead atoms. The summed E-state index contributed by atoms with van der Waals surface area (Å²) in [5.74, 6) is 1.39. The minimum atomic E-state index is 0.222. The quantitative estimate of drug-likeness (QED) is 0.817. The Labute approximate surface area is 113 Å². The fourth-order valence-corrected chi connectivity index (χ4v) is 2.56. The van der Waals surface area contributed by atoms with Crippen LogP contribution in [0.5, 0.6) is 0 Å².